The zero-order valence-electron chi connectivity index (χ0n) is 9.76. The molecule has 1 aromatic carbocycles. The Balaban J connectivity index is 2.58. The zero-order chi connectivity index (χ0) is 11.3. The van der Waals surface area contributed by atoms with E-state index in [4.69, 9.17) is 11.6 Å². The lowest BCUT2D eigenvalue weighted by molar-refractivity contribution is 0.374. The van der Waals surface area contributed by atoms with Crippen molar-refractivity contribution in [3.05, 3.63) is 34.9 Å². The molecule has 0 aliphatic carbocycles. The maximum atomic E-state index is 6.13. The molecule has 2 atom stereocenters. The van der Waals surface area contributed by atoms with Crippen LogP contribution in [0.15, 0.2) is 24.3 Å². The Morgan fingerprint density at radius 3 is 2.47 bits per heavy atom. The first-order valence-electron chi connectivity index (χ1n) is 5.53. The van der Waals surface area contributed by atoms with Gasteiger partial charge in [-0.2, -0.15) is 0 Å². The molecule has 2 unspecified atom stereocenters. The van der Waals surface area contributed by atoms with E-state index in [-0.39, 0.29) is 0 Å². The third kappa shape index (κ3) is 3.84. The van der Waals surface area contributed by atoms with E-state index in [1.54, 1.807) is 0 Å². The molecule has 15 heavy (non-hydrogen) atoms. The SMILES string of the molecule is CNCC(C)C(C)Cc1ccccc1Cl. The fraction of sp³-hybridized carbons (Fsp3) is 0.538. The van der Waals surface area contributed by atoms with E-state index >= 15 is 0 Å². The summed E-state index contributed by atoms with van der Waals surface area (Å²) in [6.45, 7) is 5.62. The van der Waals surface area contributed by atoms with Crippen molar-refractivity contribution in [2.45, 2.75) is 20.3 Å². The van der Waals surface area contributed by atoms with Gasteiger partial charge in [-0.3, -0.25) is 0 Å². The topological polar surface area (TPSA) is 12.0 Å². The molecule has 0 aliphatic heterocycles. The summed E-state index contributed by atoms with van der Waals surface area (Å²) in [5, 5.41) is 4.11. The lowest BCUT2D eigenvalue weighted by Crippen LogP contribution is -2.23. The molecule has 0 bridgehead atoms. The maximum Gasteiger partial charge on any atom is 0.0438 e. The van der Waals surface area contributed by atoms with E-state index < -0.39 is 0 Å². The molecular formula is C13H20ClN. The molecule has 1 N–H and O–H groups in total. The first-order chi connectivity index (χ1) is 7.15. The van der Waals surface area contributed by atoms with Gasteiger partial charge in [0.1, 0.15) is 0 Å². The number of hydrogen-bond acceptors (Lipinski definition) is 1. The largest absolute Gasteiger partial charge is 0.319 e. The van der Waals surface area contributed by atoms with Crippen LogP contribution in [0.2, 0.25) is 5.02 Å². The highest BCUT2D eigenvalue weighted by Gasteiger charge is 2.13. The highest BCUT2D eigenvalue weighted by molar-refractivity contribution is 6.31. The van der Waals surface area contributed by atoms with Gasteiger partial charge in [0.25, 0.3) is 0 Å². The average Bonchev–Trinajstić information content (AvgIpc) is 2.21. The average molecular weight is 226 g/mol. The van der Waals surface area contributed by atoms with Gasteiger partial charge in [0.05, 0.1) is 0 Å². The molecule has 1 rings (SSSR count). The molecule has 1 nitrogen and oxygen atoms in total. The first-order valence-corrected chi connectivity index (χ1v) is 5.91. The van der Waals surface area contributed by atoms with Crippen LogP contribution in [-0.4, -0.2) is 13.6 Å². The highest BCUT2D eigenvalue weighted by atomic mass is 35.5. The maximum absolute atomic E-state index is 6.13. The van der Waals surface area contributed by atoms with Crippen LogP contribution in [0.4, 0.5) is 0 Å². The van der Waals surface area contributed by atoms with Crippen LogP contribution in [-0.2, 0) is 6.42 Å². The summed E-state index contributed by atoms with van der Waals surface area (Å²) in [5.74, 6) is 1.32. The summed E-state index contributed by atoms with van der Waals surface area (Å²) >= 11 is 6.13. The minimum absolute atomic E-state index is 0.650. The second-order valence-electron chi connectivity index (χ2n) is 4.31. The van der Waals surface area contributed by atoms with Crippen molar-refractivity contribution < 1.29 is 0 Å². The number of hydrogen-bond donors (Lipinski definition) is 1. The standard InChI is InChI=1S/C13H20ClN/c1-10(11(2)9-15-3)8-12-6-4-5-7-13(12)14/h4-7,10-11,15H,8-9H2,1-3H3. The third-order valence-electron chi connectivity index (χ3n) is 3.00. The molecule has 0 aliphatic rings. The van der Waals surface area contributed by atoms with Crippen molar-refractivity contribution in [1.82, 2.24) is 5.32 Å². The van der Waals surface area contributed by atoms with Crippen molar-refractivity contribution in [2.75, 3.05) is 13.6 Å². The van der Waals surface area contributed by atoms with Crippen molar-refractivity contribution >= 4 is 11.6 Å². The number of nitrogens with one attached hydrogen (secondary N) is 1. The minimum Gasteiger partial charge on any atom is -0.319 e. The number of halogens is 1. The molecule has 0 saturated heterocycles. The summed E-state index contributed by atoms with van der Waals surface area (Å²) in [6.07, 6.45) is 1.06. The van der Waals surface area contributed by atoms with E-state index in [2.05, 4.69) is 31.3 Å². The monoisotopic (exact) mass is 225 g/mol. The fourth-order valence-corrected chi connectivity index (χ4v) is 1.95. The van der Waals surface area contributed by atoms with E-state index in [0.717, 1.165) is 18.0 Å². The molecule has 0 radical (unpaired) electrons. The molecular weight excluding hydrogens is 206 g/mol. The summed E-state index contributed by atoms with van der Waals surface area (Å²) < 4.78 is 0. The summed E-state index contributed by atoms with van der Waals surface area (Å²) in [4.78, 5) is 0. The molecule has 2 heteroatoms. The van der Waals surface area contributed by atoms with Gasteiger partial charge in [0.15, 0.2) is 0 Å². The Kier molecular flexibility index (Phi) is 5.13. The molecule has 0 amide bonds. The Labute approximate surface area is 97.8 Å². The van der Waals surface area contributed by atoms with Crippen molar-refractivity contribution in [3.8, 4) is 0 Å². The van der Waals surface area contributed by atoms with Gasteiger partial charge in [-0.15, -0.1) is 0 Å². The van der Waals surface area contributed by atoms with E-state index in [1.807, 2.05) is 19.2 Å². The molecule has 0 fully saturated rings. The molecule has 0 aromatic heterocycles. The zero-order valence-corrected chi connectivity index (χ0v) is 10.5. The Morgan fingerprint density at radius 1 is 1.20 bits per heavy atom. The van der Waals surface area contributed by atoms with Gasteiger partial charge in [-0.1, -0.05) is 43.6 Å². The molecule has 0 spiro atoms. The number of rotatable bonds is 5. The molecule has 0 saturated carbocycles. The lowest BCUT2D eigenvalue weighted by atomic mass is 9.89. The highest BCUT2D eigenvalue weighted by Crippen LogP contribution is 2.22. The van der Waals surface area contributed by atoms with E-state index in [1.165, 1.54) is 5.56 Å². The third-order valence-corrected chi connectivity index (χ3v) is 3.37. The second-order valence-corrected chi connectivity index (χ2v) is 4.71. The van der Waals surface area contributed by atoms with Crippen LogP contribution in [0.25, 0.3) is 0 Å². The van der Waals surface area contributed by atoms with Crippen LogP contribution < -0.4 is 5.32 Å². The van der Waals surface area contributed by atoms with Gasteiger partial charge in [-0.05, 0) is 43.5 Å². The summed E-state index contributed by atoms with van der Waals surface area (Å²) in [6, 6.07) is 8.11. The van der Waals surface area contributed by atoms with Gasteiger partial charge >= 0.3 is 0 Å². The van der Waals surface area contributed by atoms with Crippen LogP contribution in [0.5, 0.6) is 0 Å². The smallest absolute Gasteiger partial charge is 0.0438 e. The minimum atomic E-state index is 0.650. The number of benzene rings is 1. The lowest BCUT2D eigenvalue weighted by Gasteiger charge is -2.20. The predicted molar refractivity (Wildman–Crippen MR) is 67.4 cm³/mol. The van der Waals surface area contributed by atoms with Gasteiger partial charge in [0.2, 0.25) is 0 Å². The van der Waals surface area contributed by atoms with Crippen LogP contribution in [0, 0.1) is 11.8 Å². The predicted octanol–water partition coefficient (Wildman–Crippen LogP) is 3.37. The molecule has 84 valence electrons. The van der Waals surface area contributed by atoms with Crippen molar-refractivity contribution in [1.29, 1.82) is 0 Å². The van der Waals surface area contributed by atoms with E-state index in [9.17, 15) is 0 Å². The van der Waals surface area contributed by atoms with Crippen LogP contribution >= 0.6 is 11.6 Å². The molecule has 1 aromatic rings. The van der Waals surface area contributed by atoms with Gasteiger partial charge in [-0.25, -0.2) is 0 Å². The second kappa shape index (κ2) is 6.14. The van der Waals surface area contributed by atoms with Crippen LogP contribution in [0.3, 0.4) is 0 Å². The first kappa shape index (κ1) is 12.5. The van der Waals surface area contributed by atoms with Crippen molar-refractivity contribution in [2.24, 2.45) is 11.8 Å². The van der Waals surface area contributed by atoms with Gasteiger partial charge in [0, 0.05) is 5.02 Å². The quantitative estimate of drug-likeness (QED) is 0.810. The van der Waals surface area contributed by atoms with Crippen molar-refractivity contribution in [3.63, 3.8) is 0 Å². The molecule has 0 heterocycles. The fourth-order valence-electron chi connectivity index (χ4n) is 1.74. The summed E-state index contributed by atoms with van der Waals surface area (Å²) in [7, 11) is 2.00. The normalized spacial score (nSPS) is 14.9. The summed E-state index contributed by atoms with van der Waals surface area (Å²) in [5.41, 5.74) is 1.26. The Bertz CT molecular complexity index is 298. The van der Waals surface area contributed by atoms with Crippen LogP contribution in [0.1, 0.15) is 19.4 Å². The van der Waals surface area contributed by atoms with E-state index in [0.29, 0.717) is 11.8 Å². The Hall–Kier alpha value is -0.530. The Morgan fingerprint density at radius 2 is 1.87 bits per heavy atom. The van der Waals surface area contributed by atoms with Gasteiger partial charge < -0.3 is 5.32 Å².